The molecule has 1 fully saturated rings. The van der Waals surface area contributed by atoms with E-state index in [1.54, 1.807) is 0 Å². The molecule has 0 bridgehead atoms. The summed E-state index contributed by atoms with van der Waals surface area (Å²) in [5.74, 6) is 0.522. The highest BCUT2D eigenvalue weighted by atomic mass is 127. The molecule has 2 rings (SSSR count). The second kappa shape index (κ2) is 12.5. The van der Waals surface area contributed by atoms with Crippen LogP contribution in [0.5, 0.6) is 0 Å². The molecule has 0 spiro atoms. The maximum absolute atomic E-state index is 6.02. The molecular formula is C20H36IN5O. The van der Waals surface area contributed by atoms with E-state index in [1.165, 1.54) is 5.56 Å². The fraction of sp³-hybridized carbons (Fsp3) is 0.650. The van der Waals surface area contributed by atoms with Crippen LogP contribution in [-0.4, -0.2) is 62.3 Å². The molecule has 7 heteroatoms. The molecule has 0 saturated carbocycles. The Labute approximate surface area is 181 Å². The van der Waals surface area contributed by atoms with Gasteiger partial charge in [-0.2, -0.15) is 0 Å². The summed E-state index contributed by atoms with van der Waals surface area (Å²) in [5, 5.41) is 6.85. The van der Waals surface area contributed by atoms with E-state index >= 15 is 0 Å². The highest BCUT2D eigenvalue weighted by Gasteiger charge is 2.20. The topological polar surface area (TPSA) is 74.9 Å². The SMILES string of the molecule is CC(NC(C)(C)CN=C(N)NCCCN1CCOCC1)c1ccccc1.I. The number of nitrogens with one attached hydrogen (secondary N) is 2. The number of halogens is 1. The van der Waals surface area contributed by atoms with E-state index in [1.807, 2.05) is 6.07 Å². The summed E-state index contributed by atoms with van der Waals surface area (Å²) in [6, 6.07) is 10.7. The second-order valence-electron chi connectivity index (χ2n) is 7.60. The van der Waals surface area contributed by atoms with Gasteiger partial charge in [-0.3, -0.25) is 9.89 Å². The van der Waals surface area contributed by atoms with Crippen molar-refractivity contribution >= 4 is 29.9 Å². The van der Waals surface area contributed by atoms with E-state index in [2.05, 4.69) is 65.6 Å². The van der Waals surface area contributed by atoms with Crippen LogP contribution in [0.3, 0.4) is 0 Å². The zero-order chi connectivity index (χ0) is 18.8. The van der Waals surface area contributed by atoms with Crippen molar-refractivity contribution < 1.29 is 4.74 Å². The lowest BCUT2D eigenvalue weighted by atomic mass is 10.0. The van der Waals surface area contributed by atoms with Gasteiger partial charge in [0.1, 0.15) is 0 Å². The molecule has 1 saturated heterocycles. The Morgan fingerprint density at radius 3 is 2.59 bits per heavy atom. The van der Waals surface area contributed by atoms with Gasteiger partial charge in [0.2, 0.25) is 0 Å². The van der Waals surface area contributed by atoms with Crippen LogP contribution in [-0.2, 0) is 4.74 Å². The summed E-state index contributed by atoms with van der Waals surface area (Å²) < 4.78 is 5.36. The van der Waals surface area contributed by atoms with Crippen molar-refractivity contribution in [3.05, 3.63) is 35.9 Å². The van der Waals surface area contributed by atoms with Crippen LogP contribution in [0.15, 0.2) is 35.3 Å². The van der Waals surface area contributed by atoms with E-state index in [0.29, 0.717) is 12.5 Å². The summed E-state index contributed by atoms with van der Waals surface area (Å²) in [5.41, 5.74) is 7.17. The van der Waals surface area contributed by atoms with E-state index in [9.17, 15) is 0 Å². The van der Waals surface area contributed by atoms with Gasteiger partial charge in [-0.15, -0.1) is 24.0 Å². The van der Waals surface area contributed by atoms with Crippen LogP contribution in [0.2, 0.25) is 0 Å². The lowest BCUT2D eigenvalue weighted by molar-refractivity contribution is 0.0376. The Morgan fingerprint density at radius 1 is 1.26 bits per heavy atom. The fourth-order valence-corrected chi connectivity index (χ4v) is 3.14. The third-order valence-electron chi connectivity index (χ3n) is 4.61. The Bertz CT molecular complexity index is 547. The van der Waals surface area contributed by atoms with Crippen LogP contribution in [0.4, 0.5) is 0 Å². The van der Waals surface area contributed by atoms with Crippen LogP contribution in [0.1, 0.15) is 38.8 Å². The third kappa shape index (κ3) is 9.73. The molecule has 1 atom stereocenters. The molecule has 4 N–H and O–H groups in total. The second-order valence-corrected chi connectivity index (χ2v) is 7.60. The number of hydrogen-bond acceptors (Lipinski definition) is 4. The summed E-state index contributed by atoms with van der Waals surface area (Å²) >= 11 is 0. The van der Waals surface area contributed by atoms with Gasteiger partial charge in [0.05, 0.1) is 19.8 Å². The molecule has 1 heterocycles. The normalized spacial score (nSPS) is 17.2. The number of guanidine groups is 1. The number of ether oxygens (including phenoxy) is 1. The molecule has 0 aromatic heterocycles. The van der Waals surface area contributed by atoms with Crippen molar-refractivity contribution in [1.82, 2.24) is 15.5 Å². The number of morpholine rings is 1. The first-order valence-corrected chi connectivity index (χ1v) is 9.63. The van der Waals surface area contributed by atoms with Crippen molar-refractivity contribution in [3.8, 4) is 0 Å². The highest BCUT2D eigenvalue weighted by molar-refractivity contribution is 14.0. The average molecular weight is 489 g/mol. The van der Waals surface area contributed by atoms with Crippen LogP contribution in [0, 0.1) is 0 Å². The van der Waals surface area contributed by atoms with Gasteiger partial charge in [-0.25, -0.2) is 0 Å². The molecule has 27 heavy (non-hydrogen) atoms. The highest BCUT2D eigenvalue weighted by Crippen LogP contribution is 2.16. The molecular weight excluding hydrogens is 453 g/mol. The monoisotopic (exact) mass is 489 g/mol. The molecule has 1 aromatic rings. The van der Waals surface area contributed by atoms with E-state index in [0.717, 1.165) is 45.8 Å². The number of benzene rings is 1. The van der Waals surface area contributed by atoms with Crippen LogP contribution in [0.25, 0.3) is 0 Å². The van der Waals surface area contributed by atoms with Gasteiger partial charge in [-0.1, -0.05) is 30.3 Å². The van der Waals surface area contributed by atoms with Gasteiger partial charge < -0.3 is 21.1 Å². The Morgan fingerprint density at radius 2 is 1.93 bits per heavy atom. The van der Waals surface area contributed by atoms with Crippen LogP contribution >= 0.6 is 24.0 Å². The predicted octanol–water partition coefficient (Wildman–Crippen LogP) is 2.36. The third-order valence-corrected chi connectivity index (χ3v) is 4.61. The molecule has 0 aliphatic carbocycles. The molecule has 154 valence electrons. The number of aliphatic imine (C=N–C) groups is 1. The first kappa shape index (κ1) is 24.1. The van der Waals surface area contributed by atoms with Crippen molar-refractivity contribution in [2.75, 3.05) is 45.9 Å². The minimum absolute atomic E-state index is 0. The van der Waals surface area contributed by atoms with Gasteiger partial charge in [-0.05, 0) is 39.3 Å². The summed E-state index contributed by atoms with van der Waals surface area (Å²) in [6.07, 6.45) is 1.06. The van der Waals surface area contributed by atoms with Crippen molar-refractivity contribution in [3.63, 3.8) is 0 Å². The maximum atomic E-state index is 6.02. The minimum atomic E-state index is -0.130. The molecule has 1 aliphatic heterocycles. The number of rotatable bonds is 9. The van der Waals surface area contributed by atoms with Gasteiger partial charge in [0.25, 0.3) is 0 Å². The first-order chi connectivity index (χ1) is 12.5. The fourth-order valence-electron chi connectivity index (χ4n) is 3.14. The van der Waals surface area contributed by atoms with Crippen molar-refractivity contribution in [2.45, 2.75) is 38.8 Å². The quantitative estimate of drug-likeness (QED) is 0.215. The molecule has 1 aromatic carbocycles. The molecule has 6 nitrogen and oxygen atoms in total. The number of nitrogens with two attached hydrogens (primary N) is 1. The van der Waals surface area contributed by atoms with Gasteiger partial charge in [0, 0.05) is 31.2 Å². The Kier molecular flexibility index (Phi) is 11.2. The smallest absolute Gasteiger partial charge is 0.188 e. The summed E-state index contributed by atoms with van der Waals surface area (Å²) in [6.45, 7) is 12.8. The minimum Gasteiger partial charge on any atom is -0.379 e. The van der Waals surface area contributed by atoms with E-state index < -0.39 is 0 Å². The Balaban J connectivity index is 0.00000364. The first-order valence-electron chi connectivity index (χ1n) is 9.63. The number of nitrogens with zero attached hydrogens (tertiary/aromatic N) is 2. The molecule has 0 amide bonds. The molecule has 0 radical (unpaired) electrons. The zero-order valence-electron chi connectivity index (χ0n) is 16.9. The van der Waals surface area contributed by atoms with Gasteiger partial charge >= 0.3 is 0 Å². The van der Waals surface area contributed by atoms with Gasteiger partial charge in [0.15, 0.2) is 5.96 Å². The molecule has 1 unspecified atom stereocenters. The van der Waals surface area contributed by atoms with E-state index in [4.69, 9.17) is 10.5 Å². The van der Waals surface area contributed by atoms with Crippen LogP contribution < -0.4 is 16.4 Å². The summed E-state index contributed by atoms with van der Waals surface area (Å²) in [7, 11) is 0. The molecule has 1 aliphatic rings. The lowest BCUT2D eigenvalue weighted by Crippen LogP contribution is -2.45. The lowest BCUT2D eigenvalue weighted by Gasteiger charge is -2.29. The number of hydrogen-bond donors (Lipinski definition) is 3. The predicted molar refractivity (Wildman–Crippen MR) is 124 cm³/mol. The van der Waals surface area contributed by atoms with Crippen molar-refractivity contribution in [2.24, 2.45) is 10.7 Å². The zero-order valence-corrected chi connectivity index (χ0v) is 19.2. The standard InChI is InChI=1S/C20H35N5O.HI/c1-17(18-8-5-4-6-9-18)24-20(2,3)16-23-19(21)22-10-7-11-25-12-14-26-15-13-25;/h4-6,8-9,17,24H,7,10-16H2,1-3H3,(H3,21,22,23);1H. The Hall–Kier alpha value is -0.900. The average Bonchev–Trinajstić information content (AvgIpc) is 2.65. The maximum Gasteiger partial charge on any atom is 0.188 e. The largest absolute Gasteiger partial charge is 0.379 e. The summed E-state index contributed by atoms with van der Waals surface area (Å²) in [4.78, 5) is 6.94. The van der Waals surface area contributed by atoms with E-state index in [-0.39, 0.29) is 35.6 Å². The van der Waals surface area contributed by atoms with Crippen molar-refractivity contribution in [1.29, 1.82) is 0 Å².